The molecule has 1 amide bonds. The first kappa shape index (κ1) is 19.2. The summed E-state index contributed by atoms with van der Waals surface area (Å²) < 4.78 is 5.02. The lowest BCUT2D eigenvalue weighted by molar-refractivity contribution is -0.147. The summed E-state index contributed by atoms with van der Waals surface area (Å²) in [5.41, 5.74) is 4.29. The molecule has 2 aliphatic heterocycles. The highest BCUT2D eigenvalue weighted by atomic mass is 16.5. The minimum Gasteiger partial charge on any atom is -0.384 e. The van der Waals surface area contributed by atoms with Crippen molar-refractivity contribution in [2.75, 3.05) is 39.9 Å². The monoisotopic (exact) mass is 378 g/mol. The minimum absolute atomic E-state index is 0.244. The fraction of sp³-hybridized carbons (Fsp3) is 0.458. The Morgan fingerprint density at radius 2 is 1.61 bits per heavy atom. The van der Waals surface area contributed by atoms with E-state index in [4.69, 9.17) is 4.74 Å². The second-order valence-electron chi connectivity index (χ2n) is 8.33. The van der Waals surface area contributed by atoms with Gasteiger partial charge in [0.2, 0.25) is 5.91 Å². The molecular formula is C24H30N2O2. The van der Waals surface area contributed by atoms with Crippen LogP contribution in [0.1, 0.15) is 24.8 Å². The van der Waals surface area contributed by atoms with Gasteiger partial charge in [-0.2, -0.15) is 0 Å². The third kappa shape index (κ3) is 4.29. The van der Waals surface area contributed by atoms with Crippen molar-refractivity contribution < 1.29 is 9.53 Å². The third-order valence-corrected chi connectivity index (χ3v) is 6.31. The van der Waals surface area contributed by atoms with Gasteiger partial charge in [0.15, 0.2) is 0 Å². The van der Waals surface area contributed by atoms with Gasteiger partial charge in [-0.3, -0.25) is 9.69 Å². The zero-order valence-corrected chi connectivity index (χ0v) is 16.8. The number of nitrogens with zero attached hydrogens (tertiary/aromatic N) is 2. The van der Waals surface area contributed by atoms with E-state index in [2.05, 4.69) is 59.5 Å². The molecule has 4 heteroatoms. The zero-order valence-electron chi connectivity index (χ0n) is 16.8. The molecule has 2 aromatic rings. The molecule has 0 unspecified atom stereocenters. The Labute approximate surface area is 168 Å². The van der Waals surface area contributed by atoms with Crippen LogP contribution in [0.4, 0.5) is 0 Å². The van der Waals surface area contributed by atoms with Crippen molar-refractivity contribution in [3.05, 3.63) is 60.2 Å². The Kier molecular flexibility index (Phi) is 5.79. The summed E-state index contributed by atoms with van der Waals surface area (Å²) in [5.74, 6) is 0.244. The molecular weight excluding hydrogens is 348 g/mol. The van der Waals surface area contributed by atoms with Crippen LogP contribution in [0.15, 0.2) is 54.6 Å². The largest absolute Gasteiger partial charge is 0.384 e. The lowest BCUT2D eigenvalue weighted by atomic mass is 9.72. The smallest absolute Gasteiger partial charge is 0.224 e. The highest BCUT2D eigenvalue weighted by Crippen LogP contribution is 2.40. The fourth-order valence-corrected chi connectivity index (χ4v) is 4.48. The average molecular weight is 379 g/mol. The van der Waals surface area contributed by atoms with Crippen molar-refractivity contribution in [1.82, 2.24) is 9.80 Å². The Balaban J connectivity index is 1.25. The van der Waals surface area contributed by atoms with Gasteiger partial charge in [-0.1, -0.05) is 54.6 Å². The van der Waals surface area contributed by atoms with Crippen molar-refractivity contribution in [2.45, 2.75) is 25.8 Å². The molecule has 2 aromatic carbocycles. The molecule has 1 spiro atoms. The molecule has 2 aliphatic rings. The molecule has 2 heterocycles. The number of carbonyl (C=O) groups excluding carboxylic acids is 1. The Morgan fingerprint density at radius 1 is 0.964 bits per heavy atom. The molecule has 0 bridgehead atoms. The molecule has 4 rings (SSSR count). The van der Waals surface area contributed by atoms with Gasteiger partial charge >= 0.3 is 0 Å². The first-order chi connectivity index (χ1) is 13.7. The van der Waals surface area contributed by atoms with Crippen LogP contribution in [0.25, 0.3) is 11.1 Å². The normalized spacial score (nSPS) is 18.8. The van der Waals surface area contributed by atoms with Crippen LogP contribution in [0.3, 0.4) is 0 Å². The van der Waals surface area contributed by atoms with Gasteiger partial charge in [0.25, 0.3) is 0 Å². The van der Waals surface area contributed by atoms with Crippen LogP contribution in [0, 0.1) is 5.41 Å². The van der Waals surface area contributed by atoms with Gasteiger partial charge in [-0.15, -0.1) is 0 Å². The van der Waals surface area contributed by atoms with E-state index in [0.29, 0.717) is 18.4 Å². The van der Waals surface area contributed by atoms with Crippen LogP contribution < -0.4 is 0 Å². The first-order valence-corrected chi connectivity index (χ1v) is 10.3. The van der Waals surface area contributed by atoms with Crippen LogP contribution in [-0.2, 0) is 16.1 Å². The van der Waals surface area contributed by atoms with Crippen LogP contribution in [0.2, 0.25) is 0 Å². The number of likely N-dealkylation sites (tertiary alicyclic amines) is 2. The SMILES string of the molecule is COCCC(=O)N1CC2(CCN(Cc3ccc(-c4ccccc4)cc3)CC2)C1. The van der Waals surface area contributed by atoms with Crippen LogP contribution in [-0.4, -0.2) is 55.6 Å². The quantitative estimate of drug-likeness (QED) is 0.766. The summed E-state index contributed by atoms with van der Waals surface area (Å²) in [6.07, 6.45) is 2.91. The number of piperidine rings is 1. The fourth-order valence-electron chi connectivity index (χ4n) is 4.48. The minimum atomic E-state index is 0.244. The lowest BCUT2D eigenvalue weighted by Crippen LogP contribution is -2.61. The number of amides is 1. The predicted octanol–water partition coefficient (Wildman–Crippen LogP) is 3.81. The molecule has 148 valence electrons. The Morgan fingerprint density at radius 3 is 2.25 bits per heavy atom. The molecule has 2 saturated heterocycles. The average Bonchev–Trinajstić information content (AvgIpc) is 2.72. The summed E-state index contributed by atoms with van der Waals surface area (Å²) in [5, 5.41) is 0. The number of hydrogen-bond acceptors (Lipinski definition) is 3. The molecule has 0 saturated carbocycles. The Hall–Kier alpha value is -2.17. The van der Waals surface area contributed by atoms with Crippen LogP contribution >= 0.6 is 0 Å². The van der Waals surface area contributed by atoms with E-state index in [-0.39, 0.29) is 5.91 Å². The molecule has 0 N–H and O–H groups in total. The van der Waals surface area contributed by atoms with E-state index in [0.717, 1.165) is 32.7 Å². The van der Waals surface area contributed by atoms with E-state index in [1.54, 1.807) is 7.11 Å². The second kappa shape index (κ2) is 8.46. The molecule has 0 radical (unpaired) electrons. The zero-order chi connectivity index (χ0) is 19.4. The summed E-state index contributed by atoms with van der Waals surface area (Å²) in [4.78, 5) is 16.6. The molecule has 28 heavy (non-hydrogen) atoms. The number of hydrogen-bond donors (Lipinski definition) is 0. The van der Waals surface area contributed by atoms with Gasteiger partial charge in [0.1, 0.15) is 0 Å². The molecule has 0 atom stereocenters. The summed E-state index contributed by atoms with van der Waals surface area (Å²) >= 11 is 0. The van der Waals surface area contributed by atoms with E-state index in [1.165, 1.54) is 29.5 Å². The first-order valence-electron chi connectivity index (χ1n) is 10.3. The van der Waals surface area contributed by atoms with E-state index >= 15 is 0 Å². The van der Waals surface area contributed by atoms with Gasteiger partial charge in [0, 0.05) is 32.2 Å². The standard InChI is InChI=1S/C24H30N2O2/c1-28-16-11-23(27)26-18-24(19-26)12-14-25(15-13-24)17-20-7-9-22(10-8-20)21-5-3-2-4-6-21/h2-10H,11-19H2,1H3. The highest BCUT2D eigenvalue weighted by molar-refractivity contribution is 5.77. The Bertz CT molecular complexity index is 772. The molecule has 0 aliphatic carbocycles. The molecule has 4 nitrogen and oxygen atoms in total. The van der Waals surface area contributed by atoms with Crippen molar-refractivity contribution >= 4 is 5.91 Å². The van der Waals surface area contributed by atoms with Crippen molar-refractivity contribution in [2.24, 2.45) is 5.41 Å². The van der Waals surface area contributed by atoms with Crippen molar-refractivity contribution in [3.8, 4) is 11.1 Å². The number of methoxy groups -OCH3 is 1. The summed E-state index contributed by atoms with van der Waals surface area (Å²) in [6.45, 7) is 5.67. The highest BCUT2D eigenvalue weighted by Gasteiger charge is 2.46. The van der Waals surface area contributed by atoms with Gasteiger partial charge in [0.05, 0.1) is 13.0 Å². The van der Waals surface area contributed by atoms with Gasteiger partial charge in [-0.25, -0.2) is 0 Å². The number of rotatable bonds is 6. The van der Waals surface area contributed by atoms with Crippen molar-refractivity contribution in [3.63, 3.8) is 0 Å². The van der Waals surface area contributed by atoms with Crippen LogP contribution in [0.5, 0.6) is 0 Å². The van der Waals surface area contributed by atoms with Crippen molar-refractivity contribution in [1.29, 1.82) is 0 Å². The van der Waals surface area contributed by atoms with E-state index < -0.39 is 0 Å². The van der Waals surface area contributed by atoms with E-state index in [9.17, 15) is 4.79 Å². The number of benzene rings is 2. The summed E-state index contributed by atoms with van der Waals surface area (Å²) in [6, 6.07) is 19.5. The molecule has 0 aromatic heterocycles. The number of ether oxygens (including phenoxy) is 1. The lowest BCUT2D eigenvalue weighted by Gasteiger charge is -2.54. The van der Waals surface area contributed by atoms with Gasteiger partial charge < -0.3 is 9.64 Å². The maximum absolute atomic E-state index is 12.1. The summed E-state index contributed by atoms with van der Waals surface area (Å²) in [7, 11) is 1.65. The third-order valence-electron chi connectivity index (χ3n) is 6.31. The van der Waals surface area contributed by atoms with E-state index in [1.807, 2.05) is 4.90 Å². The predicted molar refractivity (Wildman–Crippen MR) is 112 cm³/mol. The second-order valence-corrected chi connectivity index (χ2v) is 8.33. The maximum atomic E-state index is 12.1. The molecule has 2 fully saturated rings. The topological polar surface area (TPSA) is 32.8 Å². The maximum Gasteiger partial charge on any atom is 0.224 e. The van der Waals surface area contributed by atoms with Gasteiger partial charge in [-0.05, 0) is 42.6 Å². The number of carbonyl (C=O) groups is 1.